The maximum Gasteiger partial charge on any atom is 0.255 e. The zero-order chi connectivity index (χ0) is 17.9. The van der Waals surface area contributed by atoms with Crippen molar-refractivity contribution in [2.24, 2.45) is 0 Å². The molecule has 0 unspecified atom stereocenters. The van der Waals surface area contributed by atoms with Crippen LogP contribution in [0.2, 0.25) is 0 Å². The Labute approximate surface area is 150 Å². The maximum absolute atomic E-state index is 12.4. The molecule has 0 atom stereocenters. The fourth-order valence-corrected chi connectivity index (χ4v) is 2.74. The Morgan fingerprint density at radius 3 is 2.58 bits per heavy atom. The van der Waals surface area contributed by atoms with Gasteiger partial charge in [-0.25, -0.2) is 4.68 Å². The molecule has 0 aliphatic rings. The van der Waals surface area contributed by atoms with Gasteiger partial charge in [-0.15, -0.1) is 5.10 Å². The average Bonchev–Trinajstić information content (AvgIpc) is 3.06. The predicted molar refractivity (Wildman–Crippen MR) is 100.0 cm³/mol. The second-order valence-electron chi connectivity index (χ2n) is 6.13. The van der Waals surface area contributed by atoms with E-state index in [9.17, 15) is 4.79 Å². The lowest BCUT2D eigenvalue weighted by Gasteiger charge is -2.06. The highest BCUT2D eigenvalue weighted by atomic mass is 16.1. The summed E-state index contributed by atoms with van der Waals surface area (Å²) in [4.78, 5) is 16.3. The summed E-state index contributed by atoms with van der Waals surface area (Å²) in [5, 5.41) is 11.3. The first-order valence-electron chi connectivity index (χ1n) is 8.29. The fourth-order valence-electron chi connectivity index (χ4n) is 2.74. The van der Waals surface area contributed by atoms with Crippen molar-refractivity contribution in [1.29, 1.82) is 0 Å². The zero-order valence-electron chi connectivity index (χ0n) is 14.3. The van der Waals surface area contributed by atoms with E-state index in [-0.39, 0.29) is 5.91 Å². The van der Waals surface area contributed by atoms with Crippen LogP contribution in [0.5, 0.6) is 0 Å². The molecule has 0 bridgehead atoms. The smallest absolute Gasteiger partial charge is 0.255 e. The number of benzene rings is 2. The van der Waals surface area contributed by atoms with Gasteiger partial charge in [-0.2, -0.15) is 0 Å². The number of rotatable bonds is 4. The highest BCUT2D eigenvalue weighted by Gasteiger charge is 2.11. The van der Waals surface area contributed by atoms with Crippen LogP contribution in [0, 0.1) is 6.92 Å². The largest absolute Gasteiger partial charge is 0.322 e. The Morgan fingerprint density at radius 1 is 1.04 bits per heavy atom. The number of carbonyl (C=O) groups excluding carboxylic acids is 1. The van der Waals surface area contributed by atoms with E-state index in [2.05, 4.69) is 51.8 Å². The first-order valence-corrected chi connectivity index (χ1v) is 8.29. The van der Waals surface area contributed by atoms with Crippen LogP contribution in [-0.4, -0.2) is 25.9 Å². The van der Waals surface area contributed by atoms with E-state index in [0.717, 1.165) is 11.1 Å². The first-order chi connectivity index (χ1) is 12.7. The van der Waals surface area contributed by atoms with Crippen LogP contribution in [0.1, 0.15) is 21.5 Å². The fraction of sp³-hybridized carbons (Fsp3) is 0.100. The lowest BCUT2D eigenvalue weighted by molar-refractivity contribution is 0.102. The van der Waals surface area contributed by atoms with Gasteiger partial charge in [0.25, 0.3) is 5.91 Å². The molecule has 0 saturated carbocycles. The summed E-state index contributed by atoms with van der Waals surface area (Å²) >= 11 is 0. The summed E-state index contributed by atoms with van der Waals surface area (Å²) in [5.74, 6) is -0.189. The van der Waals surface area contributed by atoms with E-state index >= 15 is 0 Å². The van der Waals surface area contributed by atoms with E-state index in [4.69, 9.17) is 0 Å². The summed E-state index contributed by atoms with van der Waals surface area (Å²) in [6.07, 6.45) is 3.27. The second-order valence-corrected chi connectivity index (χ2v) is 6.13. The molecule has 2 heterocycles. The van der Waals surface area contributed by atoms with Gasteiger partial charge in [-0.3, -0.25) is 9.78 Å². The lowest BCUT2D eigenvalue weighted by Crippen LogP contribution is -2.11. The van der Waals surface area contributed by atoms with Crippen LogP contribution in [-0.2, 0) is 6.54 Å². The van der Waals surface area contributed by atoms with E-state index in [0.29, 0.717) is 23.3 Å². The molecule has 6 heteroatoms. The van der Waals surface area contributed by atoms with Crippen molar-refractivity contribution in [1.82, 2.24) is 20.0 Å². The van der Waals surface area contributed by atoms with Crippen LogP contribution < -0.4 is 5.32 Å². The van der Waals surface area contributed by atoms with Gasteiger partial charge in [0, 0.05) is 23.6 Å². The summed E-state index contributed by atoms with van der Waals surface area (Å²) < 4.78 is 1.84. The molecule has 2 aromatic carbocycles. The monoisotopic (exact) mass is 343 g/mol. The molecule has 0 aliphatic carbocycles. The normalized spacial score (nSPS) is 10.8. The number of pyridine rings is 1. The summed E-state index contributed by atoms with van der Waals surface area (Å²) in [6, 6.07) is 17.2. The molecule has 4 rings (SSSR count). The Morgan fingerprint density at radius 2 is 1.81 bits per heavy atom. The molecule has 0 saturated heterocycles. The third-order valence-corrected chi connectivity index (χ3v) is 4.17. The molecule has 0 fully saturated rings. The van der Waals surface area contributed by atoms with Gasteiger partial charge >= 0.3 is 0 Å². The van der Waals surface area contributed by atoms with Crippen LogP contribution in [0.4, 0.5) is 5.69 Å². The standard InChI is InChI=1S/C20H17N5O/c1-14-2-4-15(5-3-14)13-25-19-7-6-16(12-18(19)23-24-25)20(26)22-17-8-10-21-11-9-17/h2-12H,13H2,1H3,(H,21,22,26). The number of aromatic nitrogens is 4. The number of hydrogen-bond acceptors (Lipinski definition) is 4. The number of nitrogens with one attached hydrogen (secondary N) is 1. The molecular formula is C20H17N5O. The van der Waals surface area contributed by atoms with Crippen molar-refractivity contribution in [2.45, 2.75) is 13.5 Å². The molecule has 128 valence electrons. The van der Waals surface area contributed by atoms with Gasteiger partial charge in [0.1, 0.15) is 5.52 Å². The first kappa shape index (κ1) is 16.0. The maximum atomic E-state index is 12.4. The average molecular weight is 343 g/mol. The Kier molecular flexibility index (Phi) is 4.15. The predicted octanol–water partition coefficient (Wildman–Crippen LogP) is 3.44. The van der Waals surface area contributed by atoms with Gasteiger partial charge in [0.05, 0.1) is 12.1 Å². The topological polar surface area (TPSA) is 72.7 Å². The SMILES string of the molecule is Cc1ccc(Cn2nnc3cc(C(=O)Nc4ccncc4)ccc32)cc1. The molecule has 4 aromatic rings. The number of carbonyl (C=O) groups is 1. The van der Waals surface area contributed by atoms with Gasteiger partial charge in [0.15, 0.2) is 0 Å². The summed E-state index contributed by atoms with van der Waals surface area (Å²) in [5.41, 5.74) is 5.21. The third-order valence-electron chi connectivity index (χ3n) is 4.17. The van der Waals surface area contributed by atoms with Gasteiger partial charge in [-0.05, 0) is 42.8 Å². The van der Waals surface area contributed by atoms with Gasteiger partial charge in [0.2, 0.25) is 0 Å². The molecule has 0 aliphatic heterocycles. The van der Waals surface area contributed by atoms with Crippen molar-refractivity contribution >= 4 is 22.6 Å². The summed E-state index contributed by atoms with van der Waals surface area (Å²) in [7, 11) is 0. The van der Waals surface area contributed by atoms with Crippen molar-refractivity contribution in [3.8, 4) is 0 Å². The molecular weight excluding hydrogens is 326 g/mol. The highest BCUT2D eigenvalue weighted by Crippen LogP contribution is 2.16. The van der Waals surface area contributed by atoms with Crippen molar-refractivity contribution < 1.29 is 4.79 Å². The third kappa shape index (κ3) is 3.30. The number of aryl methyl sites for hydroxylation is 1. The zero-order valence-corrected chi connectivity index (χ0v) is 14.3. The number of anilines is 1. The Bertz CT molecular complexity index is 1050. The molecule has 1 N–H and O–H groups in total. The minimum Gasteiger partial charge on any atom is -0.322 e. The molecule has 2 aromatic heterocycles. The number of hydrogen-bond donors (Lipinski definition) is 1. The minimum absolute atomic E-state index is 0.189. The molecule has 0 radical (unpaired) electrons. The molecule has 6 nitrogen and oxygen atoms in total. The number of amides is 1. The molecule has 0 spiro atoms. The van der Waals surface area contributed by atoms with E-state index < -0.39 is 0 Å². The quantitative estimate of drug-likeness (QED) is 0.616. The van der Waals surface area contributed by atoms with Crippen LogP contribution in [0.25, 0.3) is 11.0 Å². The number of fused-ring (bicyclic) bond motifs is 1. The van der Waals surface area contributed by atoms with Crippen molar-refractivity contribution in [3.63, 3.8) is 0 Å². The molecule has 26 heavy (non-hydrogen) atoms. The Hall–Kier alpha value is -3.54. The van der Waals surface area contributed by atoms with Crippen LogP contribution >= 0.6 is 0 Å². The highest BCUT2D eigenvalue weighted by molar-refractivity contribution is 6.05. The minimum atomic E-state index is -0.189. The van der Waals surface area contributed by atoms with Crippen LogP contribution in [0.15, 0.2) is 67.0 Å². The lowest BCUT2D eigenvalue weighted by atomic mass is 10.1. The number of nitrogens with zero attached hydrogens (tertiary/aromatic N) is 4. The van der Waals surface area contributed by atoms with E-state index in [1.807, 2.05) is 10.7 Å². The van der Waals surface area contributed by atoms with E-state index in [1.54, 1.807) is 36.7 Å². The second kappa shape index (κ2) is 6.76. The summed E-state index contributed by atoms with van der Waals surface area (Å²) in [6.45, 7) is 2.70. The Balaban J connectivity index is 1.57. The van der Waals surface area contributed by atoms with Crippen molar-refractivity contribution in [3.05, 3.63) is 83.7 Å². The molecule has 1 amide bonds. The van der Waals surface area contributed by atoms with Gasteiger partial charge < -0.3 is 5.32 Å². The van der Waals surface area contributed by atoms with Crippen LogP contribution in [0.3, 0.4) is 0 Å². The van der Waals surface area contributed by atoms with Gasteiger partial charge in [-0.1, -0.05) is 35.0 Å². The van der Waals surface area contributed by atoms with Crippen molar-refractivity contribution in [2.75, 3.05) is 5.32 Å². The van der Waals surface area contributed by atoms with E-state index in [1.165, 1.54) is 5.56 Å².